The SMILES string of the molecule is COc1cc(OC)c(OC)cc1C=Cc1nc2ccccc2c(=O)n1-c1cccc(C(F)(F)F)c1. The van der Waals surface area contributed by atoms with Gasteiger partial charge in [-0.3, -0.25) is 9.36 Å². The molecule has 0 N–H and O–H groups in total. The maximum Gasteiger partial charge on any atom is 0.416 e. The fourth-order valence-electron chi connectivity index (χ4n) is 3.68. The molecule has 4 rings (SSSR count). The maximum atomic E-state index is 13.4. The van der Waals surface area contributed by atoms with E-state index in [9.17, 15) is 18.0 Å². The van der Waals surface area contributed by atoms with Gasteiger partial charge in [-0.25, -0.2) is 4.98 Å². The summed E-state index contributed by atoms with van der Waals surface area (Å²) in [7, 11) is 4.49. The van der Waals surface area contributed by atoms with Crippen LogP contribution >= 0.6 is 0 Å². The Kier molecular flexibility index (Phi) is 6.50. The van der Waals surface area contributed by atoms with E-state index in [1.807, 2.05) is 0 Å². The van der Waals surface area contributed by atoms with Gasteiger partial charge in [-0.05, 0) is 48.6 Å². The van der Waals surface area contributed by atoms with Gasteiger partial charge in [-0.1, -0.05) is 18.2 Å². The van der Waals surface area contributed by atoms with Gasteiger partial charge in [0, 0.05) is 11.6 Å². The first kappa shape index (κ1) is 23.9. The van der Waals surface area contributed by atoms with Crippen molar-refractivity contribution in [1.29, 1.82) is 0 Å². The number of aromatic nitrogens is 2. The van der Waals surface area contributed by atoms with Crippen molar-refractivity contribution in [2.24, 2.45) is 0 Å². The van der Waals surface area contributed by atoms with Crippen LogP contribution in [0.2, 0.25) is 0 Å². The zero-order valence-electron chi connectivity index (χ0n) is 19.1. The van der Waals surface area contributed by atoms with E-state index in [0.717, 1.165) is 16.7 Å². The van der Waals surface area contributed by atoms with Crippen LogP contribution in [0.5, 0.6) is 17.2 Å². The highest BCUT2D eigenvalue weighted by Crippen LogP contribution is 2.35. The van der Waals surface area contributed by atoms with Gasteiger partial charge in [0.15, 0.2) is 11.5 Å². The van der Waals surface area contributed by atoms with Gasteiger partial charge in [-0.15, -0.1) is 0 Å². The lowest BCUT2D eigenvalue weighted by Gasteiger charge is -2.14. The van der Waals surface area contributed by atoms with E-state index in [1.165, 1.54) is 39.5 Å². The summed E-state index contributed by atoms with van der Waals surface area (Å²) in [4.78, 5) is 17.9. The molecule has 0 aliphatic rings. The van der Waals surface area contributed by atoms with Crippen molar-refractivity contribution in [3.8, 4) is 22.9 Å². The van der Waals surface area contributed by atoms with Gasteiger partial charge in [0.25, 0.3) is 5.56 Å². The summed E-state index contributed by atoms with van der Waals surface area (Å²) in [5.74, 6) is 1.53. The van der Waals surface area contributed by atoms with E-state index >= 15 is 0 Å². The average Bonchev–Trinajstić information content (AvgIpc) is 2.86. The molecule has 0 unspecified atom stereocenters. The molecule has 0 aliphatic carbocycles. The Morgan fingerprint density at radius 2 is 1.51 bits per heavy atom. The number of benzene rings is 3. The molecule has 6 nitrogen and oxygen atoms in total. The molecular weight excluding hydrogens is 461 g/mol. The normalized spacial score (nSPS) is 11.7. The molecule has 0 saturated heterocycles. The Balaban J connectivity index is 1.94. The monoisotopic (exact) mass is 482 g/mol. The molecule has 3 aromatic carbocycles. The molecule has 180 valence electrons. The second kappa shape index (κ2) is 9.54. The van der Waals surface area contributed by atoms with Gasteiger partial charge in [0.05, 0.1) is 43.5 Å². The Bertz CT molecular complexity index is 1480. The Morgan fingerprint density at radius 3 is 2.20 bits per heavy atom. The molecule has 0 saturated carbocycles. The summed E-state index contributed by atoms with van der Waals surface area (Å²) >= 11 is 0. The molecule has 0 radical (unpaired) electrons. The van der Waals surface area contributed by atoms with Crippen molar-refractivity contribution in [3.05, 3.63) is 88.0 Å². The van der Waals surface area contributed by atoms with Crippen molar-refractivity contribution < 1.29 is 27.4 Å². The second-order valence-corrected chi connectivity index (χ2v) is 7.46. The quantitative estimate of drug-likeness (QED) is 0.358. The molecule has 0 spiro atoms. The average molecular weight is 482 g/mol. The fraction of sp³-hybridized carbons (Fsp3) is 0.154. The summed E-state index contributed by atoms with van der Waals surface area (Å²) in [6, 6.07) is 14.5. The van der Waals surface area contributed by atoms with E-state index in [4.69, 9.17) is 14.2 Å². The number of nitrogens with zero attached hydrogens (tertiary/aromatic N) is 2. The van der Waals surface area contributed by atoms with Crippen LogP contribution < -0.4 is 19.8 Å². The van der Waals surface area contributed by atoms with E-state index in [-0.39, 0.29) is 16.9 Å². The Labute approximate surface area is 198 Å². The van der Waals surface area contributed by atoms with Crippen LogP contribution in [0.15, 0.2) is 65.5 Å². The van der Waals surface area contributed by atoms with Crippen LogP contribution in [0.1, 0.15) is 17.0 Å². The molecule has 0 amide bonds. The van der Waals surface area contributed by atoms with Gasteiger partial charge in [-0.2, -0.15) is 13.2 Å². The Hall–Kier alpha value is -4.27. The number of halogens is 3. The fourth-order valence-corrected chi connectivity index (χ4v) is 3.68. The molecular formula is C26H21F3N2O4. The number of rotatable bonds is 6. The van der Waals surface area contributed by atoms with Crippen molar-refractivity contribution in [2.75, 3.05) is 21.3 Å². The highest BCUT2D eigenvalue weighted by molar-refractivity contribution is 5.80. The number of methoxy groups -OCH3 is 3. The van der Waals surface area contributed by atoms with Crippen molar-refractivity contribution in [3.63, 3.8) is 0 Å². The molecule has 35 heavy (non-hydrogen) atoms. The predicted molar refractivity (Wildman–Crippen MR) is 127 cm³/mol. The molecule has 1 heterocycles. The van der Waals surface area contributed by atoms with Gasteiger partial charge >= 0.3 is 6.18 Å². The molecule has 0 fully saturated rings. The van der Waals surface area contributed by atoms with E-state index in [0.29, 0.717) is 28.3 Å². The minimum Gasteiger partial charge on any atom is -0.496 e. The summed E-state index contributed by atoms with van der Waals surface area (Å²) in [6.45, 7) is 0. The molecule has 0 atom stereocenters. The number of hydrogen-bond donors (Lipinski definition) is 0. The molecule has 1 aromatic heterocycles. The largest absolute Gasteiger partial charge is 0.496 e. The maximum absolute atomic E-state index is 13.4. The lowest BCUT2D eigenvalue weighted by molar-refractivity contribution is -0.137. The number of fused-ring (bicyclic) bond motifs is 1. The number of para-hydroxylation sites is 1. The first-order valence-corrected chi connectivity index (χ1v) is 10.4. The lowest BCUT2D eigenvalue weighted by Crippen LogP contribution is -2.22. The summed E-state index contributed by atoms with van der Waals surface area (Å²) in [5, 5.41) is 0.283. The van der Waals surface area contributed by atoms with Crippen LogP contribution in [0, 0.1) is 0 Å². The highest BCUT2D eigenvalue weighted by Gasteiger charge is 2.30. The van der Waals surface area contributed by atoms with Crippen LogP contribution in [0.25, 0.3) is 28.7 Å². The third-order valence-corrected chi connectivity index (χ3v) is 5.38. The third-order valence-electron chi connectivity index (χ3n) is 5.38. The first-order chi connectivity index (χ1) is 16.8. The smallest absolute Gasteiger partial charge is 0.416 e. The lowest BCUT2D eigenvalue weighted by atomic mass is 10.1. The standard InChI is InChI=1S/C26H21F3N2O4/c1-33-21-15-23(35-3)22(34-2)13-16(21)11-12-24-30-20-10-5-4-9-19(20)25(32)31(24)18-8-6-7-17(14-18)26(27,28)29/h4-15H,1-3H3. The first-order valence-electron chi connectivity index (χ1n) is 10.4. The van der Waals surface area contributed by atoms with E-state index < -0.39 is 17.3 Å². The zero-order valence-corrected chi connectivity index (χ0v) is 19.1. The molecule has 9 heteroatoms. The topological polar surface area (TPSA) is 62.6 Å². The van der Waals surface area contributed by atoms with Crippen LogP contribution in [-0.4, -0.2) is 30.9 Å². The summed E-state index contributed by atoms with van der Waals surface area (Å²) < 4.78 is 57.4. The van der Waals surface area contributed by atoms with E-state index in [1.54, 1.807) is 42.5 Å². The molecule has 0 aliphatic heterocycles. The van der Waals surface area contributed by atoms with Crippen molar-refractivity contribution >= 4 is 23.1 Å². The Morgan fingerprint density at radius 1 is 0.829 bits per heavy atom. The molecule has 0 bridgehead atoms. The number of ether oxygens (including phenoxy) is 3. The second-order valence-electron chi connectivity index (χ2n) is 7.46. The van der Waals surface area contributed by atoms with Crippen molar-refractivity contribution in [2.45, 2.75) is 6.18 Å². The van der Waals surface area contributed by atoms with Crippen LogP contribution in [0.4, 0.5) is 13.2 Å². The van der Waals surface area contributed by atoms with Crippen LogP contribution in [-0.2, 0) is 6.18 Å². The minimum atomic E-state index is -4.56. The van der Waals surface area contributed by atoms with Crippen LogP contribution in [0.3, 0.4) is 0 Å². The number of hydrogen-bond acceptors (Lipinski definition) is 5. The summed E-state index contributed by atoms with van der Waals surface area (Å²) in [5.41, 5.74) is -0.315. The van der Waals surface area contributed by atoms with E-state index in [2.05, 4.69) is 4.98 Å². The van der Waals surface area contributed by atoms with Gasteiger partial charge < -0.3 is 14.2 Å². The van der Waals surface area contributed by atoms with Gasteiger partial charge in [0.1, 0.15) is 11.6 Å². The number of alkyl halides is 3. The third kappa shape index (κ3) is 4.70. The summed E-state index contributed by atoms with van der Waals surface area (Å²) in [6.07, 6.45) is -1.38. The van der Waals surface area contributed by atoms with Crippen molar-refractivity contribution in [1.82, 2.24) is 9.55 Å². The molecule has 4 aromatic rings. The van der Waals surface area contributed by atoms with Gasteiger partial charge in [0.2, 0.25) is 0 Å². The minimum absolute atomic E-state index is 0.0435. The highest BCUT2D eigenvalue weighted by atomic mass is 19.4. The predicted octanol–water partition coefficient (Wildman–Crippen LogP) is 5.60. The zero-order chi connectivity index (χ0) is 25.2.